The minimum Gasteiger partial charge on any atom is -0.478 e. The van der Waals surface area contributed by atoms with E-state index < -0.39 is 5.97 Å². The lowest BCUT2D eigenvalue weighted by Gasteiger charge is -2.10. The van der Waals surface area contributed by atoms with Crippen molar-refractivity contribution in [2.75, 3.05) is 0 Å². The number of carboxylic acid groups (broad SMARTS) is 1. The van der Waals surface area contributed by atoms with E-state index in [1.165, 1.54) is 18.5 Å². The van der Waals surface area contributed by atoms with Gasteiger partial charge in [0.25, 0.3) is 0 Å². The van der Waals surface area contributed by atoms with E-state index in [2.05, 4.69) is 9.97 Å². The zero-order valence-corrected chi connectivity index (χ0v) is 11.3. The molecule has 1 aromatic carbocycles. The van der Waals surface area contributed by atoms with Gasteiger partial charge in [0.15, 0.2) is 0 Å². The highest BCUT2D eigenvalue weighted by Crippen LogP contribution is 2.29. The summed E-state index contributed by atoms with van der Waals surface area (Å²) in [5.74, 6) is -0.389. The van der Waals surface area contributed by atoms with Crippen molar-refractivity contribution in [1.82, 2.24) is 9.97 Å². The van der Waals surface area contributed by atoms with Crippen LogP contribution in [-0.2, 0) is 4.79 Å². The van der Waals surface area contributed by atoms with Crippen LogP contribution in [0.25, 0.3) is 5.57 Å². The zero-order chi connectivity index (χ0) is 14.5. The number of carbonyl (C=O) groups is 1. The fourth-order valence-electron chi connectivity index (χ4n) is 1.66. The van der Waals surface area contributed by atoms with Gasteiger partial charge >= 0.3 is 5.97 Å². The highest BCUT2D eigenvalue weighted by molar-refractivity contribution is 6.29. The lowest BCUT2D eigenvalue weighted by Crippen LogP contribution is -2.01. The van der Waals surface area contributed by atoms with E-state index in [0.717, 1.165) is 0 Å². The number of nitrogens with zero attached hydrogens (tertiary/aromatic N) is 2. The molecule has 0 saturated heterocycles. The lowest BCUT2D eigenvalue weighted by molar-refractivity contribution is -0.130. The van der Waals surface area contributed by atoms with E-state index in [-0.39, 0.29) is 16.6 Å². The second-order valence-electron chi connectivity index (χ2n) is 3.78. The van der Waals surface area contributed by atoms with Gasteiger partial charge in [0.05, 0.1) is 5.57 Å². The maximum absolute atomic E-state index is 11.2. The van der Waals surface area contributed by atoms with E-state index >= 15 is 0 Å². The molecule has 0 bridgehead atoms. The van der Waals surface area contributed by atoms with Gasteiger partial charge in [-0.2, -0.15) is 0 Å². The molecule has 0 aliphatic heterocycles. The van der Waals surface area contributed by atoms with Crippen LogP contribution in [0.2, 0.25) is 5.15 Å². The van der Waals surface area contributed by atoms with Gasteiger partial charge in [0.1, 0.15) is 17.2 Å². The Bertz CT molecular complexity index is 671. The number of benzene rings is 1. The molecule has 0 radical (unpaired) electrons. The van der Waals surface area contributed by atoms with Crippen LogP contribution in [-0.4, -0.2) is 21.0 Å². The smallest absolute Gasteiger partial charge is 0.336 e. The minimum absolute atomic E-state index is 0.153. The minimum atomic E-state index is -1.02. The second kappa shape index (κ2) is 6.16. The van der Waals surface area contributed by atoms with Crippen molar-refractivity contribution in [3.05, 3.63) is 53.5 Å². The number of allylic oxidation sites excluding steroid dienone is 1. The third kappa shape index (κ3) is 3.13. The second-order valence-corrected chi connectivity index (χ2v) is 4.17. The predicted molar refractivity (Wildman–Crippen MR) is 74.8 cm³/mol. The summed E-state index contributed by atoms with van der Waals surface area (Å²) in [7, 11) is 0. The molecule has 1 N–H and O–H groups in total. The van der Waals surface area contributed by atoms with E-state index in [0.29, 0.717) is 11.3 Å². The molecule has 0 aliphatic rings. The van der Waals surface area contributed by atoms with Gasteiger partial charge in [-0.1, -0.05) is 35.9 Å². The number of ether oxygens (including phenoxy) is 1. The summed E-state index contributed by atoms with van der Waals surface area (Å²) in [6, 6.07) is 8.27. The van der Waals surface area contributed by atoms with Crippen LogP contribution in [0.4, 0.5) is 0 Å². The number of rotatable bonds is 4. The van der Waals surface area contributed by atoms with Crippen molar-refractivity contribution in [1.29, 1.82) is 0 Å². The summed E-state index contributed by atoms with van der Waals surface area (Å²) < 4.78 is 5.58. The molecule has 20 heavy (non-hydrogen) atoms. The van der Waals surface area contributed by atoms with Crippen molar-refractivity contribution >= 4 is 23.1 Å². The van der Waals surface area contributed by atoms with Gasteiger partial charge in [-0.25, -0.2) is 14.8 Å². The average Bonchev–Trinajstić information content (AvgIpc) is 2.41. The Morgan fingerprint density at radius 3 is 2.75 bits per heavy atom. The maximum Gasteiger partial charge on any atom is 0.336 e. The highest BCUT2D eigenvalue weighted by Gasteiger charge is 2.15. The number of aliphatic carboxylic acids is 1. The summed E-state index contributed by atoms with van der Waals surface area (Å²) in [6.45, 7) is 1.65. The summed E-state index contributed by atoms with van der Waals surface area (Å²) >= 11 is 5.75. The third-order valence-corrected chi connectivity index (χ3v) is 2.73. The molecule has 1 aromatic heterocycles. The summed E-state index contributed by atoms with van der Waals surface area (Å²) in [5.41, 5.74) is 0.623. The van der Waals surface area contributed by atoms with E-state index in [1.54, 1.807) is 31.2 Å². The molecule has 0 fully saturated rings. The first-order valence-corrected chi connectivity index (χ1v) is 6.14. The monoisotopic (exact) mass is 290 g/mol. The largest absolute Gasteiger partial charge is 0.478 e. The van der Waals surface area contributed by atoms with Gasteiger partial charge in [-0.05, 0) is 13.0 Å². The maximum atomic E-state index is 11.2. The first-order valence-electron chi connectivity index (χ1n) is 5.76. The Balaban J connectivity index is 2.40. The molecule has 2 rings (SSSR count). The summed E-state index contributed by atoms with van der Waals surface area (Å²) in [4.78, 5) is 18.9. The van der Waals surface area contributed by atoms with Gasteiger partial charge in [0, 0.05) is 11.6 Å². The topological polar surface area (TPSA) is 72.3 Å². The number of para-hydroxylation sites is 1. The van der Waals surface area contributed by atoms with Crippen molar-refractivity contribution in [3.63, 3.8) is 0 Å². The van der Waals surface area contributed by atoms with Crippen molar-refractivity contribution < 1.29 is 14.6 Å². The van der Waals surface area contributed by atoms with Gasteiger partial charge in [0.2, 0.25) is 5.88 Å². The lowest BCUT2D eigenvalue weighted by atomic mass is 10.0. The Hall–Kier alpha value is -2.40. The summed E-state index contributed by atoms with van der Waals surface area (Å²) in [6.07, 6.45) is 2.78. The van der Waals surface area contributed by atoms with Crippen LogP contribution < -0.4 is 4.74 Å². The van der Waals surface area contributed by atoms with Crippen molar-refractivity contribution in [3.8, 4) is 11.6 Å². The Morgan fingerprint density at radius 1 is 1.35 bits per heavy atom. The molecule has 1 heterocycles. The number of hydrogen-bond acceptors (Lipinski definition) is 4. The van der Waals surface area contributed by atoms with Crippen LogP contribution in [0.1, 0.15) is 12.5 Å². The number of carboxylic acids is 1. The van der Waals surface area contributed by atoms with Crippen LogP contribution >= 0.6 is 11.6 Å². The molecule has 5 nitrogen and oxygen atoms in total. The van der Waals surface area contributed by atoms with E-state index in [1.807, 2.05) is 0 Å². The first kappa shape index (κ1) is 14.0. The van der Waals surface area contributed by atoms with Crippen LogP contribution in [0.3, 0.4) is 0 Å². The molecule has 0 amide bonds. The molecule has 0 atom stereocenters. The molecular formula is C14H11ClN2O3. The Kier molecular flexibility index (Phi) is 4.32. The molecule has 102 valence electrons. The fourth-order valence-corrected chi connectivity index (χ4v) is 1.80. The summed E-state index contributed by atoms with van der Waals surface area (Å²) in [5, 5.41) is 9.44. The number of aromatic nitrogens is 2. The van der Waals surface area contributed by atoms with Crippen LogP contribution in [0.15, 0.2) is 42.7 Å². The van der Waals surface area contributed by atoms with Crippen molar-refractivity contribution in [2.45, 2.75) is 6.92 Å². The Labute approximate surface area is 120 Å². The zero-order valence-electron chi connectivity index (χ0n) is 10.6. The van der Waals surface area contributed by atoms with E-state index in [9.17, 15) is 9.90 Å². The quantitative estimate of drug-likeness (QED) is 0.690. The SMILES string of the molecule is C/C=C(/C(=O)O)c1ccccc1Oc1cc(Cl)ncn1. The standard InChI is InChI=1S/C14H11ClN2O3/c1-2-9(14(18)19)10-5-3-4-6-11(10)20-13-7-12(15)16-8-17-13/h2-8H,1H3,(H,18,19)/b9-2+. The van der Waals surface area contributed by atoms with Crippen molar-refractivity contribution in [2.24, 2.45) is 0 Å². The molecule has 0 spiro atoms. The molecule has 2 aromatic rings. The van der Waals surface area contributed by atoms with Gasteiger partial charge in [-0.3, -0.25) is 0 Å². The molecular weight excluding hydrogens is 280 g/mol. The molecule has 0 aliphatic carbocycles. The van der Waals surface area contributed by atoms with Crippen LogP contribution in [0.5, 0.6) is 11.6 Å². The molecule has 6 heteroatoms. The predicted octanol–water partition coefficient (Wildman–Crippen LogP) is 3.41. The number of halogens is 1. The van der Waals surface area contributed by atoms with Crippen LogP contribution in [0, 0.1) is 0 Å². The highest BCUT2D eigenvalue weighted by atomic mass is 35.5. The average molecular weight is 291 g/mol. The van der Waals surface area contributed by atoms with E-state index in [4.69, 9.17) is 16.3 Å². The first-order chi connectivity index (χ1) is 9.61. The van der Waals surface area contributed by atoms with Gasteiger partial charge in [-0.15, -0.1) is 0 Å². The molecule has 0 unspecified atom stereocenters. The third-order valence-electron chi connectivity index (χ3n) is 2.52. The molecule has 0 saturated carbocycles. The number of hydrogen-bond donors (Lipinski definition) is 1. The fraction of sp³-hybridized carbons (Fsp3) is 0.0714. The normalized spacial score (nSPS) is 11.2. The Morgan fingerprint density at radius 2 is 2.10 bits per heavy atom. The van der Waals surface area contributed by atoms with Gasteiger partial charge < -0.3 is 9.84 Å².